The first kappa shape index (κ1) is 11.2. The highest BCUT2D eigenvalue weighted by molar-refractivity contribution is 5.04. The Kier molecular flexibility index (Phi) is 5.43. The van der Waals surface area contributed by atoms with Crippen molar-refractivity contribution < 1.29 is 0 Å². The zero-order valence-corrected chi connectivity index (χ0v) is 8.83. The van der Waals surface area contributed by atoms with Crippen molar-refractivity contribution in [3.63, 3.8) is 0 Å². The van der Waals surface area contributed by atoms with Crippen LogP contribution in [0.3, 0.4) is 0 Å². The molecule has 0 aliphatic rings. The maximum Gasteiger partial charge on any atom is 0.0652 e. The van der Waals surface area contributed by atoms with Crippen molar-refractivity contribution in [2.45, 2.75) is 40.0 Å². The van der Waals surface area contributed by atoms with Gasteiger partial charge >= 0.3 is 0 Å². The molecule has 0 aliphatic heterocycles. The quantitative estimate of drug-likeness (QED) is 0.664. The molecule has 2 nitrogen and oxygen atoms in total. The third-order valence-corrected chi connectivity index (χ3v) is 1.85. The van der Waals surface area contributed by atoms with Gasteiger partial charge in [-0.1, -0.05) is 27.7 Å². The fraction of sp³-hybridized carbons (Fsp3) is 0.700. The molecule has 0 aromatic carbocycles. The average molecular weight is 168 g/mol. The summed E-state index contributed by atoms with van der Waals surface area (Å²) in [5, 5.41) is 4.30. The molecule has 1 heterocycles. The third-order valence-electron chi connectivity index (χ3n) is 1.85. The number of rotatable bonds is 2. The summed E-state index contributed by atoms with van der Waals surface area (Å²) >= 11 is 0. The van der Waals surface area contributed by atoms with E-state index in [1.54, 1.807) is 0 Å². The van der Waals surface area contributed by atoms with Crippen molar-refractivity contribution in [2.75, 3.05) is 0 Å². The molecule has 2 heteroatoms. The van der Waals surface area contributed by atoms with Gasteiger partial charge in [-0.15, -0.1) is 0 Å². The number of aromatic nitrogens is 2. The van der Waals surface area contributed by atoms with Crippen molar-refractivity contribution in [3.05, 3.63) is 18.0 Å². The first-order chi connectivity index (χ1) is 5.74. The SMILES string of the molecule is CC.CCC(C)c1ccn(C)n1. The Hall–Kier alpha value is -0.790. The zero-order valence-electron chi connectivity index (χ0n) is 8.83. The minimum atomic E-state index is 0.598. The van der Waals surface area contributed by atoms with E-state index in [1.165, 1.54) is 5.69 Å². The van der Waals surface area contributed by atoms with Crippen molar-refractivity contribution in [1.29, 1.82) is 0 Å². The smallest absolute Gasteiger partial charge is 0.0652 e. The minimum Gasteiger partial charge on any atom is -0.276 e. The van der Waals surface area contributed by atoms with Crippen molar-refractivity contribution in [1.82, 2.24) is 9.78 Å². The van der Waals surface area contributed by atoms with Crippen molar-refractivity contribution >= 4 is 0 Å². The van der Waals surface area contributed by atoms with Crippen LogP contribution in [-0.4, -0.2) is 9.78 Å². The Morgan fingerprint density at radius 3 is 2.42 bits per heavy atom. The second-order valence-electron chi connectivity index (χ2n) is 2.72. The predicted octanol–water partition coefficient (Wildman–Crippen LogP) is 2.96. The van der Waals surface area contributed by atoms with Gasteiger partial charge in [0.1, 0.15) is 0 Å². The lowest BCUT2D eigenvalue weighted by atomic mass is 10.1. The van der Waals surface area contributed by atoms with Gasteiger partial charge in [0.15, 0.2) is 0 Å². The number of nitrogens with zero attached hydrogens (tertiary/aromatic N) is 2. The van der Waals surface area contributed by atoms with Gasteiger partial charge in [0.05, 0.1) is 5.69 Å². The molecule has 0 spiro atoms. The molecule has 0 amide bonds. The molecule has 0 saturated carbocycles. The highest BCUT2D eigenvalue weighted by Crippen LogP contribution is 2.14. The summed E-state index contributed by atoms with van der Waals surface area (Å²) in [7, 11) is 1.95. The van der Waals surface area contributed by atoms with E-state index >= 15 is 0 Å². The Labute approximate surface area is 75.6 Å². The molecule has 1 unspecified atom stereocenters. The molecular weight excluding hydrogens is 148 g/mol. The van der Waals surface area contributed by atoms with Gasteiger partial charge in [0, 0.05) is 13.2 Å². The van der Waals surface area contributed by atoms with Gasteiger partial charge in [-0.05, 0) is 18.4 Å². The van der Waals surface area contributed by atoms with Gasteiger partial charge in [-0.3, -0.25) is 4.68 Å². The molecule has 1 atom stereocenters. The molecule has 1 aromatic heterocycles. The van der Waals surface area contributed by atoms with Gasteiger partial charge in [0.25, 0.3) is 0 Å². The molecule has 0 N–H and O–H groups in total. The largest absolute Gasteiger partial charge is 0.276 e. The first-order valence-corrected chi connectivity index (χ1v) is 4.73. The Bertz CT molecular complexity index is 203. The van der Waals surface area contributed by atoms with Crippen LogP contribution in [0.1, 0.15) is 45.7 Å². The van der Waals surface area contributed by atoms with Crippen LogP contribution < -0.4 is 0 Å². The van der Waals surface area contributed by atoms with Crippen LogP contribution in [0.5, 0.6) is 0 Å². The highest BCUT2D eigenvalue weighted by atomic mass is 15.2. The van der Waals surface area contributed by atoms with Gasteiger partial charge in [-0.2, -0.15) is 5.10 Å². The highest BCUT2D eigenvalue weighted by Gasteiger charge is 2.03. The summed E-state index contributed by atoms with van der Waals surface area (Å²) in [5.74, 6) is 0.598. The molecule has 0 bridgehead atoms. The summed E-state index contributed by atoms with van der Waals surface area (Å²) in [4.78, 5) is 0. The Morgan fingerprint density at radius 1 is 1.50 bits per heavy atom. The molecule has 1 rings (SSSR count). The third kappa shape index (κ3) is 3.07. The molecule has 70 valence electrons. The molecular formula is C10H20N2. The van der Waals surface area contributed by atoms with E-state index in [-0.39, 0.29) is 0 Å². The number of hydrogen-bond acceptors (Lipinski definition) is 1. The normalized spacial score (nSPS) is 11.8. The number of aryl methyl sites for hydroxylation is 1. The van der Waals surface area contributed by atoms with E-state index in [4.69, 9.17) is 0 Å². The molecule has 0 radical (unpaired) electrons. The number of hydrogen-bond donors (Lipinski definition) is 0. The van der Waals surface area contributed by atoms with E-state index in [1.807, 2.05) is 31.8 Å². The lowest BCUT2D eigenvalue weighted by Gasteiger charge is -2.01. The average Bonchev–Trinajstić information content (AvgIpc) is 2.54. The van der Waals surface area contributed by atoms with Crippen molar-refractivity contribution in [2.24, 2.45) is 7.05 Å². The van der Waals surface area contributed by atoms with Crippen LogP contribution in [0.15, 0.2) is 12.3 Å². The maximum atomic E-state index is 4.30. The van der Waals surface area contributed by atoms with E-state index in [0.717, 1.165) is 6.42 Å². The molecule has 1 aromatic rings. The summed E-state index contributed by atoms with van der Waals surface area (Å²) in [5.41, 5.74) is 1.20. The molecule has 0 aliphatic carbocycles. The van der Waals surface area contributed by atoms with E-state index in [0.29, 0.717) is 5.92 Å². The predicted molar refractivity (Wildman–Crippen MR) is 53.3 cm³/mol. The summed E-state index contributed by atoms with van der Waals surface area (Å²) in [6.07, 6.45) is 3.15. The molecule has 12 heavy (non-hydrogen) atoms. The van der Waals surface area contributed by atoms with Crippen LogP contribution in [-0.2, 0) is 7.05 Å². The van der Waals surface area contributed by atoms with Crippen LogP contribution in [0.25, 0.3) is 0 Å². The Balaban J connectivity index is 0.000000561. The second-order valence-corrected chi connectivity index (χ2v) is 2.72. The zero-order chi connectivity index (χ0) is 9.56. The van der Waals surface area contributed by atoms with E-state index in [2.05, 4.69) is 25.0 Å². The lowest BCUT2D eigenvalue weighted by Crippen LogP contribution is -1.94. The fourth-order valence-corrected chi connectivity index (χ4v) is 0.905. The van der Waals surface area contributed by atoms with Crippen LogP contribution in [0.2, 0.25) is 0 Å². The van der Waals surface area contributed by atoms with Gasteiger partial charge in [0.2, 0.25) is 0 Å². The summed E-state index contributed by atoms with van der Waals surface area (Å²) in [6, 6.07) is 2.08. The topological polar surface area (TPSA) is 17.8 Å². The van der Waals surface area contributed by atoms with Gasteiger partial charge < -0.3 is 0 Å². The van der Waals surface area contributed by atoms with E-state index < -0.39 is 0 Å². The maximum absolute atomic E-state index is 4.30. The summed E-state index contributed by atoms with van der Waals surface area (Å²) < 4.78 is 1.85. The fourth-order valence-electron chi connectivity index (χ4n) is 0.905. The standard InChI is InChI=1S/C8H14N2.C2H6/c1-4-7(2)8-5-6-10(3)9-8;1-2/h5-7H,4H2,1-3H3;1-2H3. The Morgan fingerprint density at radius 2 is 2.08 bits per heavy atom. The van der Waals surface area contributed by atoms with Crippen LogP contribution in [0.4, 0.5) is 0 Å². The van der Waals surface area contributed by atoms with Crippen LogP contribution in [0, 0.1) is 0 Å². The van der Waals surface area contributed by atoms with Crippen LogP contribution >= 0.6 is 0 Å². The molecule has 0 fully saturated rings. The minimum absolute atomic E-state index is 0.598. The van der Waals surface area contributed by atoms with E-state index in [9.17, 15) is 0 Å². The molecule has 0 saturated heterocycles. The first-order valence-electron chi connectivity index (χ1n) is 4.73. The van der Waals surface area contributed by atoms with Crippen molar-refractivity contribution in [3.8, 4) is 0 Å². The second kappa shape index (κ2) is 5.81. The van der Waals surface area contributed by atoms with Gasteiger partial charge in [-0.25, -0.2) is 0 Å². The summed E-state index contributed by atoms with van der Waals surface area (Å²) in [6.45, 7) is 8.38. The monoisotopic (exact) mass is 168 g/mol. The lowest BCUT2D eigenvalue weighted by molar-refractivity contribution is 0.665.